The number of pyridine rings is 1. The van der Waals surface area contributed by atoms with Crippen LogP contribution in [0.1, 0.15) is 35.4 Å². The van der Waals surface area contributed by atoms with Crippen LogP contribution >= 0.6 is 0 Å². The van der Waals surface area contributed by atoms with Crippen molar-refractivity contribution in [3.05, 3.63) is 60.1 Å². The van der Waals surface area contributed by atoms with Crippen molar-refractivity contribution in [3.63, 3.8) is 0 Å². The van der Waals surface area contributed by atoms with Gasteiger partial charge in [-0.15, -0.1) is 0 Å². The zero-order chi connectivity index (χ0) is 26.4. The molecule has 8 nitrogen and oxygen atoms in total. The summed E-state index contributed by atoms with van der Waals surface area (Å²) >= 11 is 0. The van der Waals surface area contributed by atoms with E-state index in [0.29, 0.717) is 36.7 Å². The number of hydrogen-bond acceptors (Lipinski definition) is 6. The molecule has 1 saturated heterocycles. The van der Waals surface area contributed by atoms with Crippen LogP contribution < -0.4 is 5.32 Å². The minimum absolute atomic E-state index is 0.0220. The summed E-state index contributed by atoms with van der Waals surface area (Å²) in [7, 11) is -5.42. The van der Waals surface area contributed by atoms with Crippen molar-refractivity contribution >= 4 is 32.6 Å². The largest absolute Gasteiger partial charge is 0.501 e. The topological polar surface area (TPSA) is 110 Å². The summed E-state index contributed by atoms with van der Waals surface area (Å²) in [6.07, 6.45) is 5.74. The highest BCUT2D eigenvalue weighted by Gasteiger charge is 2.54. The third kappa shape index (κ3) is 4.94. The number of alkyl halides is 3. The van der Waals surface area contributed by atoms with Gasteiger partial charge in [-0.3, -0.25) is 14.6 Å². The molecule has 5 rings (SSSR count). The molecule has 196 valence electrons. The summed E-state index contributed by atoms with van der Waals surface area (Å²) in [6, 6.07) is 7.68. The fourth-order valence-corrected chi connectivity index (χ4v) is 5.80. The number of rotatable bonds is 6. The van der Waals surface area contributed by atoms with E-state index in [4.69, 9.17) is 4.42 Å². The standard InChI is InChI=1S/C25H24F3N3O5S/c26-25(27,28)37(34,35)19-3-1-16(2-4-19)11-22(32)31-9-6-24(7-10-31)13-18(24)14-30-23(33)20-12-17-5-8-29-15-21(17)36-20/h1-5,8,12,15,18H,6-7,9-11,13-14H2,(H,30,33). The second-order valence-corrected chi connectivity index (χ2v) is 11.6. The van der Waals surface area contributed by atoms with E-state index in [2.05, 4.69) is 10.3 Å². The second kappa shape index (κ2) is 9.16. The molecule has 3 aromatic rings. The van der Waals surface area contributed by atoms with Crippen molar-refractivity contribution < 1.29 is 35.6 Å². The number of carbonyl (C=O) groups is 2. The quantitative estimate of drug-likeness (QED) is 0.515. The predicted octanol–water partition coefficient (Wildman–Crippen LogP) is 3.72. The van der Waals surface area contributed by atoms with E-state index in [-0.39, 0.29) is 29.4 Å². The van der Waals surface area contributed by atoms with Crippen LogP contribution in [0.15, 0.2) is 58.1 Å². The number of carbonyl (C=O) groups excluding carboxylic acids is 2. The molecule has 1 spiro atoms. The molecule has 37 heavy (non-hydrogen) atoms. The summed E-state index contributed by atoms with van der Waals surface area (Å²) in [5.74, 6) is 0.121. The van der Waals surface area contributed by atoms with Gasteiger partial charge in [0, 0.05) is 31.2 Å². The molecule has 2 amide bonds. The van der Waals surface area contributed by atoms with E-state index < -0.39 is 20.2 Å². The Kier molecular flexibility index (Phi) is 6.25. The van der Waals surface area contributed by atoms with Crippen molar-refractivity contribution in [1.29, 1.82) is 0 Å². The van der Waals surface area contributed by atoms with Crippen LogP contribution in [0.4, 0.5) is 13.2 Å². The molecular formula is C25H24F3N3O5S. The first-order chi connectivity index (χ1) is 17.5. The van der Waals surface area contributed by atoms with Crippen LogP contribution in [0.25, 0.3) is 11.0 Å². The zero-order valence-electron chi connectivity index (χ0n) is 19.6. The van der Waals surface area contributed by atoms with Crippen LogP contribution in [0.2, 0.25) is 0 Å². The van der Waals surface area contributed by atoms with E-state index in [1.165, 1.54) is 12.1 Å². The lowest BCUT2D eigenvalue weighted by molar-refractivity contribution is -0.132. The number of nitrogens with zero attached hydrogens (tertiary/aromatic N) is 2. The summed E-state index contributed by atoms with van der Waals surface area (Å²) < 4.78 is 66.6. The smallest absolute Gasteiger partial charge is 0.449 e. The molecule has 3 heterocycles. The van der Waals surface area contributed by atoms with Gasteiger partial charge in [0.2, 0.25) is 5.91 Å². The monoisotopic (exact) mass is 535 g/mol. The minimum atomic E-state index is -5.42. The van der Waals surface area contributed by atoms with Gasteiger partial charge in [0.25, 0.3) is 15.7 Å². The minimum Gasteiger partial charge on any atom is -0.449 e. The molecule has 12 heteroatoms. The van der Waals surface area contributed by atoms with Gasteiger partial charge in [0.1, 0.15) is 0 Å². The van der Waals surface area contributed by atoms with E-state index >= 15 is 0 Å². The molecule has 1 aromatic carbocycles. The maximum Gasteiger partial charge on any atom is 0.501 e. The molecular weight excluding hydrogens is 511 g/mol. The normalized spacial score (nSPS) is 19.2. The Balaban J connectivity index is 1.09. The Bertz CT molecular complexity index is 1410. The highest BCUT2D eigenvalue weighted by molar-refractivity contribution is 7.92. The van der Waals surface area contributed by atoms with E-state index in [0.717, 1.165) is 36.8 Å². The predicted molar refractivity (Wildman–Crippen MR) is 126 cm³/mol. The fourth-order valence-electron chi connectivity index (χ4n) is 5.04. The Hall–Kier alpha value is -3.41. The van der Waals surface area contributed by atoms with Gasteiger partial charge in [0.05, 0.1) is 17.5 Å². The number of sulfone groups is 1. The number of hydrogen-bond donors (Lipinski definition) is 1. The van der Waals surface area contributed by atoms with Gasteiger partial charge in [0.15, 0.2) is 11.3 Å². The van der Waals surface area contributed by atoms with Crippen molar-refractivity contribution in [2.75, 3.05) is 19.6 Å². The number of piperidine rings is 1. The highest BCUT2D eigenvalue weighted by Crippen LogP contribution is 2.59. The first kappa shape index (κ1) is 25.2. The number of furan rings is 1. The second-order valence-electron chi connectivity index (χ2n) is 9.65. The Morgan fingerprint density at radius 1 is 1.14 bits per heavy atom. The third-order valence-corrected chi connectivity index (χ3v) is 8.92. The number of fused-ring (bicyclic) bond motifs is 1. The molecule has 0 bridgehead atoms. The number of halogens is 3. The van der Waals surface area contributed by atoms with Gasteiger partial charge in [-0.05, 0) is 60.4 Å². The van der Waals surface area contributed by atoms with Crippen molar-refractivity contribution in [1.82, 2.24) is 15.2 Å². The Morgan fingerprint density at radius 3 is 2.49 bits per heavy atom. The van der Waals surface area contributed by atoms with Crippen molar-refractivity contribution in [3.8, 4) is 0 Å². The van der Waals surface area contributed by atoms with Gasteiger partial charge >= 0.3 is 5.51 Å². The van der Waals surface area contributed by atoms with Gasteiger partial charge in [-0.25, -0.2) is 8.42 Å². The number of nitrogens with one attached hydrogen (secondary N) is 1. The average Bonchev–Trinajstić information content (AvgIpc) is 3.33. The third-order valence-electron chi connectivity index (χ3n) is 7.42. The van der Waals surface area contributed by atoms with Gasteiger partial charge in [-0.1, -0.05) is 12.1 Å². The molecule has 0 radical (unpaired) electrons. The number of amides is 2. The number of aromatic nitrogens is 1. The lowest BCUT2D eigenvalue weighted by Crippen LogP contribution is -2.41. The summed E-state index contributed by atoms with van der Waals surface area (Å²) in [4.78, 5) is 30.1. The van der Waals surface area contributed by atoms with Crippen LogP contribution in [0.5, 0.6) is 0 Å². The first-order valence-corrected chi connectivity index (χ1v) is 13.3. The summed E-state index contributed by atoms with van der Waals surface area (Å²) in [5.41, 5.74) is -4.28. The van der Waals surface area contributed by atoms with Gasteiger partial charge < -0.3 is 14.6 Å². The molecule has 1 aliphatic carbocycles. The molecule has 1 atom stereocenters. The van der Waals surface area contributed by atoms with Crippen LogP contribution in [0.3, 0.4) is 0 Å². The molecule has 2 fully saturated rings. The molecule has 1 saturated carbocycles. The Labute approximate surface area is 210 Å². The molecule has 1 N–H and O–H groups in total. The van der Waals surface area contributed by atoms with Crippen LogP contribution in [0, 0.1) is 11.3 Å². The molecule has 2 aliphatic rings. The van der Waals surface area contributed by atoms with Gasteiger partial charge in [-0.2, -0.15) is 13.2 Å². The van der Waals surface area contributed by atoms with E-state index in [9.17, 15) is 31.2 Å². The highest BCUT2D eigenvalue weighted by atomic mass is 32.2. The molecule has 1 aliphatic heterocycles. The maximum absolute atomic E-state index is 12.7. The van der Waals surface area contributed by atoms with E-state index in [1.54, 1.807) is 29.4 Å². The summed E-state index contributed by atoms with van der Waals surface area (Å²) in [6.45, 7) is 1.63. The molecule has 2 aromatic heterocycles. The SMILES string of the molecule is O=C(NCC1CC12CCN(C(=O)Cc1ccc(S(=O)(=O)C(F)(F)F)cc1)CC2)c1cc2ccncc2o1. The van der Waals surface area contributed by atoms with Crippen molar-refractivity contribution in [2.24, 2.45) is 11.3 Å². The first-order valence-electron chi connectivity index (χ1n) is 11.8. The van der Waals surface area contributed by atoms with Crippen LogP contribution in [-0.4, -0.2) is 55.3 Å². The maximum atomic E-state index is 12.7. The number of benzene rings is 1. The summed E-state index contributed by atoms with van der Waals surface area (Å²) in [5, 5.41) is 3.75. The zero-order valence-corrected chi connectivity index (χ0v) is 20.4. The average molecular weight is 536 g/mol. The fraction of sp³-hybridized carbons (Fsp3) is 0.400. The van der Waals surface area contributed by atoms with Crippen molar-refractivity contribution in [2.45, 2.75) is 36.1 Å². The lowest BCUT2D eigenvalue weighted by Gasteiger charge is -2.33. The van der Waals surface area contributed by atoms with Crippen LogP contribution in [-0.2, 0) is 21.1 Å². The van der Waals surface area contributed by atoms with E-state index in [1.807, 2.05) is 0 Å². The molecule has 1 unspecified atom stereocenters. The Morgan fingerprint density at radius 2 is 1.84 bits per heavy atom. The number of likely N-dealkylation sites (tertiary alicyclic amines) is 1. The lowest BCUT2D eigenvalue weighted by atomic mass is 9.90.